The van der Waals surface area contributed by atoms with Crippen LogP contribution in [-0.4, -0.2) is 15.2 Å². The fourth-order valence-corrected chi connectivity index (χ4v) is 32.8. The Morgan fingerprint density at radius 3 is 0.885 bits per heavy atom. The Hall–Kier alpha value is -5.37. The third-order valence-electron chi connectivity index (χ3n) is 11.0. The van der Waals surface area contributed by atoms with Crippen LogP contribution in [0.2, 0.25) is 0 Å². The van der Waals surface area contributed by atoms with Crippen molar-refractivity contribution in [3.63, 3.8) is 0 Å². The highest BCUT2D eigenvalue weighted by Crippen LogP contribution is 2.38. The van der Waals surface area contributed by atoms with Crippen molar-refractivity contribution in [2.45, 2.75) is 0 Å². The maximum Gasteiger partial charge on any atom is 0.156 e. The van der Waals surface area contributed by atoms with E-state index in [1.807, 2.05) is 22.7 Å². The molecule has 0 atom stereocenters. The molecular formula is C48H34S2Si2. The molecule has 0 bridgehead atoms. The van der Waals surface area contributed by atoms with Gasteiger partial charge in [0.25, 0.3) is 0 Å². The van der Waals surface area contributed by atoms with Crippen molar-refractivity contribution >= 4 is 109 Å². The van der Waals surface area contributed by atoms with E-state index in [2.05, 4.69) is 206 Å². The van der Waals surface area contributed by atoms with E-state index < -0.39 is 15.2 Å². The van der Waals surface area contributed by atoms with Crippen molar-refractivity contribution in [1.82, 2.24) is 0 Å². The predicted octanol–water partition coefficient (Wildman–Crippen LogP) is 9.14. The zero-order valence-corrected chi connectivity index (χ0v) is 32.1. The molecule has 0 amide bonds. The number of hydrogen-bond donors (Lipinski definition) is 0. The van der Waals surface area contributed by atoms with Gasteiger partial charge in [0.15, 0.2) is 15.2 Å². The third kappa shape index (κ3) is 4.49. The number of benzene rings is 8. The summed E-state index contributed by atoms with van der Waals surface area (Å²) in [6.07, 6.45) is 0. The summed E-state index contributed by atoms with van der Waals surface area (Å²) in [4.78, 5) is 0. The summed E-state index contributed by atoms with van der Waals surface area (Å²) in [6, 6.07) is 79.1. The second-order valence-corrected chi connectivity index (χ2v) is 26.5. The predicted molar refractivity (Wildman–Crippen MR) is 234 cm³/mol. The van der Waals surface area contributed by atoms with Crippen molar-refractivity contribution < 1.29 is 0 Å². The van der Waals surface area contributed by atoms with Crippen LogP contribution in [0.25, 0.3) is 40.3 Å². The minimum Gasteiger partial charge on any atom is -0.135 e. The molecule has 0 saturated carbocycles. The second-order valence-electron chi connectivity index (χ2n) is 13.5. The summed E-state index contributed by atoms with van der Waals surface area (Å²) in [7, 11) is -6.33. The van der Waals surface area contributed by atoms with Gasteiger partial charge in [-0.15, -0.1) is 22.7 Å². The molecular weight excluding hydrogens is 697 g/mol. The molecule has 2 heterocycles. The highest BCUT2D eigenvalue weighted by atomic mass is 32.1. The molecule has 2 aromatic heterocycles. The standard InChI is InChI=1S/C48H34S2Si2/c1-5-19-35(20-6-1)51(36-21-7-2-8-22-36,45-33-17-29-41-39-27-13-15-31-43(39)49-47(41)45)52(37-23-9-3-10-24-37,38-25-11-4-12-26-38)46-34-18-30-42-40-28-14-16-32-44(40)50-48(42)46/h1-34H. The first-order chi connectivity index (χ1) is 25.8. The Bertz CT molecular complexity index is 2560. The zero-order valence-electron chi connectivity index (χ0n) is 28.4. The number of hydrogen-bond acceptors (Lipinski definition) is 2. The maximum absolute atomic E-state index is 3.16. The van der Waals surface area contributed by atoms with Crippen LogP contribution < -0.4 is 31.1 Å². The number of fused-ring (bicyclic) bond motifs is 6. The Balaban J connectivity index is 1.53. The second kappa shape index (κ2) is 12.7. The van der Waals surface area contributed by atoms with Gasteiger partial charge in [-0.2, -0.15) is 0 Å². The van der Waals surface area contributed by atoms with Crippen molar-refractivity contribution in [2.75, 3.05) is 0 Å². The molecule has 4 heteroatoms. The highest BCUT2D eigenvalue weighted by molar-refractivity contribution is 7.68. The molecule has 52 heavy (non-hydrogen) atoms. The molecule has 10 aromatic rings. The van der Waals surface area contributed by atoms with Crippen LogP contribution in [-0.2, 0) is 0 Å². The average Bonchev–Trinajstić information content (AvgIpc) is 3.80. The van der Waals surface area contributed by atoms with Gasteiger partial charge in [-0.1, -0.05) is 215 Å². The Kier molecular flexibility index (Phi) is 7.66. The first-order valence-electron chi connectivity index (χ1n) is 17.9. The van der Waals surface area contributed by atoms with Crippen molar-refractivity contribution in [2.24, 2.45) is 0 Å². The molecule has 0 spiro atoms. The van der Waals surface area contributed by atoms with E-state index in [0.717, 1.165) is 0 Å². The van der Waals surface area contributed by atoms with E-state index in [9.17, 15) is 0 Å². The molecule has 0 N–H and O–H groups in total. The van der Waals surface area contributed by atoms with E-state index in [-0.39, 0.29) is 0 Å². The van der Waals surface area contributed by atoms with Gasteiger partial charge in [0.2, 0.25) is 0 Å². The normalized spacial score (nSPS) is 12.2. The van der Waals surface area contributed by atoms with E-state index >= 15 is 0 Å². The van der Waals surface area contributed by atoms with E-state index in [1.165, 1.54) is 71.5 Å². The van der Waals surface area contributed by atoms with E-state index in [1.54, 1.807) is 0 Å². The highest BCUT2D eigenvalue weighted by Gasteiger charge is 2.62. The quantitative estimate of drug-likeness (QED) is 0.113. The fourth-order valence-electron chi connectivity index (χ4n) is 9.06. The molecule has 246 valence electrons. The number of thiophene rings is 2. The molecule has 0 nitrogen and oxygen atoms in total. The summed E-state index contributed by atoms with van der Waals surface area (Å²) in [5.41, 5.74) is 0. The molecule has 0 aliphatic rings. The fraction of sp³-hybridized carbons (Fsp3) is 0. The lowest BCUT2D eigenvalue weighted by Gasteiger charge is -2.50. The van der Waals surface area contributed by atoms with Crippen LogP contribution in [0.5, 0.6) is 0 Å². The van der Waals surface area contributed by atoms with Crippen molar-refractivity contribution in [3.8, 4) is 0 Å². The average molecular weight is 731 g/mol. The zero-order chi connectivity index (χ0) is 34.5. The van der Waals surface area contributed by atoms with Gasteiger partial charge in [-0.3, -0.25) is 0 Å². The maximum atomic E-state index is 2.52. The van der Waals surface area contributed by atoms with Crippen LogP contribution >= 0.6 is 22.7 Å². The van der Waals surface area contributed by atoms with Gasteiger partial charge in [-0.05, 0) is 22.5 Å². The number of rotatable bonds is 7. The van der Waals surface area contributed by atoms with Gasteiger partial charge in [-0.25, -0.2) is 0 Å². The minimum absolute atomic E-state index is 1.34. The van der Waals surface area contributed by atoms with Crippen molar-refractivity contribution in [1.29, 1.82) is 0 Å². The molecule has 0 aliphatic carbocycles. The molecule has 10 rings (SSSR count). The summed E-state index contributed by atoms with van der Waals surface area (Å²) in [5, 5.41) is 14.2. The molecule has 0 radical (unpaired) electrons. The lowest BCUT2D eigenvalue weighted by atomic mass is 10.1. The van der Waals surface area contributed by atoms with Crippen LogP contribution in [0.4, 0.5) is 0 Å². The van der Waals surface area contributed by atoms with Gasteiger partial charge in [0, 0.05) is 40.3 Å². The van der Waals surface area contributed by atoms with Crippen LogP contribution in [0.3, 0.4) is 0 Å². The van der Waals surface area contributed by atoms with E-state index in [0.29, 0.717) is 0 Å². The van der Waals surface area contributed by atoms with Gasteiger partial charge in [0.05, 0.1) is 0 Å². The summed E-state index contributed by atoms with van der Waals surface area (Å²) in [5.74, 6) is 0. The molecule has 0 unspecified atom stereocenters. The smallest absolute Gasteiger partial charge is 0.135 e. The Morgan fingerprint density at radius 1 is 0.250 bits per heavy atom. The van der Waals surface area contributed by atoms with Crippen LogP contribution in [0.1, 0.15) is 0 Å². The Morgan fingerprint density at radius 2 is 0.538 bits per heavy atom. The largest absolute Gasteiger partial charge is 0.156 e. The third-order valence-corrected chi connectivity index (χ3v) is 30.6. The van der Waals surface area contributed by atoms with Crippen molar-refractivity contribution in [3.05, 3.63) is 206 Å². The molecule has 0 fully saturated rings. The summed E-state index contributed by atoms with van der Waals surface area (Å²) in [6.45, 7) is 0. The SMILES string of the molecule is c1ccc([Si](c2ccccc2)(c2cccc3c2sc2ccccc23)[Si](c2ccccc2)(c2ccccc2)c2cccc3c2sc2ccccc23)cc1. The first kappa shape index (κ1) is 31.4. The topological polar surface area (TPSA) is 0 Å². The molecule has 8 aromatic carbocycles. The summed E-state index contributed by atoms with van der Waals surface area (Å²) < 4.78 is 5.50. The monoisotopic (exact) mass is 730 g/mol. The first-order valence-corrected chi connectivity index (χ1v) is 24.5. The molecule has 0 aliphatic heterocycles. The minimum atomic E-state index is -3.16. The summed E-state index contributed by atoms with van der Waals surface area (Å²) >= 11 is 3.95. The van der Waals surface area contributed by atoms with Crippen LogP contribution in [0, 0.1) is 0 Å². The van der Waals surface area contributed by atoms with Crippen LogP contribution in [0.15, 0.2) is 206 Å². The Labute approximate surface area is 313 Å². The van der Waals surface area contributed by atoms with Gasteiger partial charge < -0.3 is 0 Å². The van der Waals surface area contributed by atoms with E-state index in [4.69, 9.17) is 0 Å². The van der Waals surface area contributed by atoms with Gasteiger partial charge in [0.1, 0.15) is 0 Å². The molecule has 0 saturated heterocycles. The van der Waals surface area contributed by atoms with Gasteiger partial charge >= 0.3 is 0 Å². The lowest BCUT2D eigenvalue weighted by Crippen LogP contribution is -2.94. The lowest BCUT2D eigenvalue weighted by molar-refractivity contribution is 1.69.